The van der Waals surface area contributed by atoms with E-state index in [0.717, 1.165) is 5.71 Å². The number of aliphatic imine (C=N–C) groups is 1. The summed E-state index contributed by atoms with van der Waals surface area (Å²) >= 11 is 0. The third-order valence-electron chi connectivity index (χ3n) is 2.71. The molecule has 13 heavy (non-hydrogen) atoms. The fraction of sp³-hybridized carbons (Fsp3) is 0.0833. The predicted molar refractivity (Wildman–Crippen MR) is 54.5 cm³/mol. The zero-order valence-corrected chi connectivity index (χ0v) is 7.14. The van der Waals surface area contributed by atoms with Crippen molar-refractivity contribution in [2.75, 3.05) is 0 Å². The summed E-state index contributed by atoms with van der Waals surface area (Å²) in [6.07, 6.45) is 18.8. The Balaban J connectivity index is 2.23. The summed E-state index contributed by atoms with van der Waals surface area (Å²) in [5.74, 6) is 0. The highest BCUT2D eigenvalue weighted by Crippen LogP contribution is 2.41. The SMILES string of the molecule is C1=CC2=CN=C3C=CC=CC23C=C1. The number of rotatable bonds is 0. The van der Waals surface area contributed by atoms with Crippen LogP contribution in [0, 0.1) is 5.41 Å². The molecule has 0 saturated heterocycles. The molecule has 0 bridgehead atoms. The smallest absolute Gasteiger partial charge is 0.0756 e. The van der Waals surface area contributed by atoms with Crippen molar-refractivity contribution in [3.05, 3.63) is 60.4 Å². The van der Waals surface area contributed by atoms with Crippen LogP contribution in [0.25, 0.3) is 0 Å². The topological polar surface area (TPSA) is 12.4 Å². The van der Waals surface area contributed by atoms with Crippen LogP contribution in [-0.4, -0.2) is 5.71 Å². The lowest BCUT2D eigenvalue weighted by Gasteiger charge is -2.28. The Hall–Kier alpha value is -1.63. The first kappa shape index (κ1) is 6.84. The first-order valence-electron chi connectivity index (χ1n) is 4.43. The van der Waals surface area contributed by atoms with E-state index >= 15 is 0 Å². The van der Waals surface area contributed by atoms with Gasteiger partial charge in [0, 0.05) is 6.20 Å². The van der Waals surface area contributed by atoms with Crippen molar-refractivity contribution in [1.29, 1.82) is 0 Å². The molecule has 1 heteroatoms. The van der Waals surface area contributed by atoms with E-state index < -0.39 is 0 Å². The molecule has 0 radical (unpaired) electrons. The molecule has 0 N–H and O–H groups in total. The second kappa shape index (κ2) is 2.19. The van der Waals surface area contributed by atoms with E-state index in [1.54, 1.807) is 0 Å². The van der Waals surface area contributed by atoms with Crippen molar-refractivity contribution in [2.24, 2.45) is 10.4 Å². The van der Waals surface area contributed by atoms with Crippen molar-refractivity contribution >= 4 is 5.71 Å². The molecule has 0 amide bonds. The van der Waals surface area contributed by atoms with Crippen LogP contribution >= 0.6 is 0 Å². The van der Waals surface area contributed by atoms with Crippen molar-refractivity contribution in [1.82, 2.24) is 0 Å². The van der Waals surface area contributed by atoms with E-state index in [1.165, 1.54) is 5.57 Å². The molecule has 1 aliphatic heterocycles. The van der Waals surface area contributed by atoms with Crippen LogP contribution in [0.4, 0.5) is 0 Å². The molecular weight excluding hydrogens is 158 g/mol. The largest absolute Gasteiger partial charge is 0.259 e. The van der Waals surface area contributed by atoms with Crippen molar-refractivity contribution in [3.8, 4) is 0 Å². The fourth-order valence-electron chi connectivity index (χ4n) is 2.00. The van der Waals surface area contributed by atoms with E-state index in [1.807, 2.05) is 12.3 Å². The minimum atomic E-state index is -0.0382. The zero-order chi connectivity index (χ0) is 8.73. The van der Waals surface area contributed by atoms with Gasteiger partial charge in [0.1, 0.15) is 0 Å². The number of nitrogens with zero attached hydrogens (tertiary/aromatic N) is 1. The van der Waals surface area contributed by atoms with E-state index in [9.17, 15) is 0 Å². The summed E-state index contributed by atoms with van der Waals surface area (Å²) in [6, 6.07) is 0. The molecule has 0 fully saturated rings. The number of hydrogen-bond donors (Lipinski definition) is 0. The fourth-order valence-corrected chi connectivity index (χ4v) is 2.00. The molecule has 2 aliphatic carbocycles. The van der Waals surface area contributed by atoms with Gasteiger partial charge in [0.2, 0.25) is 0 Å². The van der Waals surface area contributed by atoms with E-state index in [-0.39, 0.29) is 5.41 Å². The lowest BCUT2D eigenvalue weighted by atomic mass is 9.73. The highest BCUT2D eigenvalue weighted by Gasteiger charge is 2.37. The van der Waals surface area contributed by atoms with Gasteiger partial charge in [-0.15, -0.1) is 0 Å². The van der Waals surface area contributed by atoms with Gasteiger partial charge in [-0.3, -0.25) is 4.99 Å². The molecule has 1 unspecified atom stereocenters. The molecule has 1 heterocycles. The summed E-state index contributed by atoms with van der Waals surface area (Å²) in [6.45, 7) is 0. The van der Waals surface area contributed by atoms with Crippen LogP contribution in [0.3, 0.4) is 0 Å². The maximum Gasteiger partial charge on any atom is 0.0756 e. The molecule has 3 rings (SSSR count). The van der Waals surface area contributed by atoms with Crippen LogP contribution in [0.15, 0.2) is 65.4 Å². The molecule has 0 aromatic heterocycles. The molecular formula is C12H9N. The quantitative estimate of drug-likeness (QED) is 0.525. The average Bonchev–Trinajstić information content (AvgIpc) is 2.56. The Bertz CT molecular complexity index is 386. The normalized spacial score (nSPS) is 32.6. The van der Waals surface area contributed by atoms with Crippen LogP contribution in [0.5, 0.6) is 0 Å². The minimum absolute atomic E-state index is 0.0382. The summed E-state index contributed by atoms with van der Waals surface area (Å²) in [5, 5.41) is 0. The molecule has 0 aromatic rings. The lowest BCUT2D eigenvalue weighted by Crippen LogP contribution is -2.26. The Morgan fingerprint density at radius 1 is 0.923 bits per heavy atom. The maximum atomic E-state index is 4.41. The average molecular weight is 167 g/mol. The van der Waals surface area contributed by atoms with Crippen LogP contribution in [0.1, 0.15) is 0 Å². The van der Waals surface area contributed by atoms with Gasteiger partial charge in [-0.05, 0) is 11.6 Å². The number of hydrogen-bond acceptors (Lipinski definition) is 1. The van der Waals surface area contributed by atoms with Gasteiger partial charge < -0.3 is 0 Å². The molecule has 62 valence electrons. The van der Waals surface area contributed by atoms with Gasteiger partial charge in [0.05, 0.1) is 11.1 Å². The van der Waals surface area contributed by atoms with Crippen LogP contribution < -0.4 is 0 Å². The van der Waals surface area contributed by atoms with Crippen LogP contribution in [0.2, 0.25) is 0 Å². The maximum absolute atomic E-state index is 4.41. The van der Waals surface area contributed by atoms with Gasteiger partial charge >= 0.3 is 0 Å². The molecule has 3 aliphatic rings. The highest BCUT2D eigenvalue weighted by atomic mass is 14.8. The Morgan fingerprint density at radius 3 is 2.54 bits per heavy atom. The summed E-state index contributed by atoms with van der Waals surface area (Å²) < 4.78 is 0. The molecule has 1 spiro atoms. The minimum Gasteiger partial charge on any atom is -0.259 e. The van der Waals surface area contributed by atoms with Gasteiger partial charge in [-0.25, -0.2) is 0 Å². The van der Waals surface area contributed by atoms with E-state index in [0.29, 0.717) is 0 Å². The Labute approximate surface area is 77.2 Å². The third-order valence-corrected chi connectivity index (χ3v) is 2.71. The van der Waals surface area contributed by atoms with Gasteiger partial charge in [0.15, 0.2) is 0 Å². The second-order valence-corrected chi connectivity index (χ2v) is 3.40. The molecule has 1 nitrogen and oxygen atoms in total. The van der Waals surface area contributed by atoms with Crippen molar-refractivity contribution in [2.45, 2.75) is 0 Å². The zero-order valence-electron chi connectivity index (χ0n) is 7.14. The first-order valence-corrected chi connectivity index (χ1v) is 4.43. The molecule has 1 atom stereocenters. The monoisotopic (exact) mass is 167 g/mol. The van der Waals surface area contributed by atoms with E-state index in [4.69, 9.17) is 0 Å². The van der Waals surface area contributed by atoms with Gasteiger partial charge in [-0.2, -0.15) is 0 Å². The van der Waals surface area contributed by atoms with E-state index in [2.05, 4.69) is 47.5 Å². The Kier molecular flexibility index (Phi) is 1.15. The summed E-state index contributed by atoms with van der Waals surface area (Å²) in [7, 11) is 0. The molecule has 0 aromatic carbocycles. The predicted octanol–water partition coefficient (Wildman–Crippen LogP) is 2.56. The Morgan fingerprint density at radius 2 is 1.69 bits per heavy atom. The van der Waals surface area contributed by atoms with Gasteiger partial charge in [-0.1, -0.05) is 42.5 Å². The van der Waals surface area contributed by atoms with Crippen LogP contribution in [-0.2, 0) is 0 Å². The lowest BCUT2D eigenvalue weighted by molar-refractivity contribution is 0.845. The van der Waals surface area contributed by atoms with Crippen molar-refractivity contribution < 1.29 is 0 Å². The number of allylic oxidation sites excluding steroid dienone is 9. The third kappa shape index (κ3) is 0.738. The summed E-state index contributed by atoms with van der Waals surface area (Å²) in [4.78, 5) is 4.41. The highest BCUT2D eigenvalue weighted by molar-refractivity contribution is 6.08. The standard InChI is InChI=1S/C12H9N/c1-3-7-12-8-4-2-6-11(12)13-9-10(12)5-1/h1-9H. The first-order chi connectivity index (χ1) is 6.42. The van der Waals surface area contributed by atoms with Crippen molar-refractivity contribution in [3.63, 3.8) is 0 Å². The van der Waals surface area contributed by atoms with Gasteiger partial charge in [0.25, 0.3) is 0 Å². The summed E-state index contributed by atoms with van der Waals surface area (Å²) in [5.41, 5.74) is 2.36. The molecule has 0 saturated carbocycles. The second-order valence-electron chi connectivity index (χ2n) is 3.40.